The van der Waals surface area contributed by atoms with Crippen LogP contribution in [-0.2, 0) is 0 Å². The zero-order valence-corrected chi connectivity index (χ0v) is 10.5. The second-order valence-electron chi connectivity index (χ2n) is 4.09. The van der Waals surface area contributed by atoms with Gasteiger partial charge in [-0.1, -0.05) is 6.07 Å². The van der Waals surface area contributed by atoms with Gasteiger partial charge in [0.2, 0.25) is 5.82 Å². The fraction of sp³-hybridized carbons (Fsp3) is 0.0769. The lowest BCUT2D eigenvalue weighted by atomic mass is 10.2. The minimum atomic E-state index is -1.07. The lowest BCUT2D eigenvalue weighted by Crippen LogP contribution is -2.02. The number of nitro groups is 1. The van der Waals surface area contributed by atoms with Crippen LogP contribution in [0.5, 0.6) is 0 Å². The summed E-state index contributed by atoms with van der Waals surface area (Å²) in [6.07, 6.45) is 1.45. The summed E-state index contributed by atoms with van der Waals surface area (Å²) in [7, 11) is 0. The SMILES string of the molecule is Cc1ccnc(Nc2cccc(C(=O)O)c2)c1[N+](=O)[O-]. The Bertz CT molecular complexity index is 685. The molecule has 0 aliphatic carbocycles. The Labute approximate surface area is 114 Å². The van der Waals surface area contributed by atoms with Crippen LogP contribution in [0.1, 0.15) is 15.9 Å². The third-order valence-corrected chi connectivity index (χ3v) is 2.68. The highest BCUT2D eigenvalue weighted by Gasteiger charge is 2.18. The molecule has 1 aromatic carbocycles. The molecule has 2 N–H and O–H groups in total. The smallest absolute Gasteiger partial charge is 0.335 e. The summed E-state index contributed by atoms with van der Waals surface area (Å²) < 4.78 is 0. The number of rotatable bonds is 4. The van der Waals surface area contributed by atoms with Crippen molar-refractivity contribution >= 4 is 23.2 Å². The molecule has 2 rings (SSSR count). The standard InChI is InChI=1S/C13H11N3O4/c1-8-5-6-14-12(11(8)16(19)20)15-10-4-2-3-9(7-10)13(17)18/h2-7H,1H3,(H,14,15)(H,17,18). The topological polar surface area (TPSA) is 105 Å². The molecule has 2 aromatic rings. The van der Waals surface area contributed by atoms with Gasteiger partial charge in [-0.15, -0.1) is 0 Å². The minimum absolute atomic E-state index is 0.0811. The van der Waals surface area contributed by atoms with Gasteiger partial charge in [0.15, 0.2) is 0 Å². The summed E-state index contributed by atoms with van der Waals surface area (Å²) in [6.45, 7) is 1.61. The molecular weight excluding hydrogens is 262 g/mol. The number of hydrogen-bond donors (Lipinski definition) is 2. The third-order valence-electron chi connectivity index (χ3n) is 2.68. The summed E-state index contributed by atoms with van der Waals surface area (Å²) >= 11 is 0. The van der Waals surface area contributed by atoms with Crippen molar-refractivity contribution in [1.82, 2.24) is 4.98 Å². The minimum Gasteiger partial charge on any atom is -0.478 e. The van der Waals surface area contributed by atoms with E-state index in [0.29, 0.717) is 11.3 Å². The molecule has 0 saturated heterocycles. The highest BCUT2D eigenvalue weighted by Crippen LogP contribution is 2.28. The normalized spacial score (nSPS) is 10.1. The van der Waals surface area contributed by atoms with Crippen LogP contribution in [0.15, 0.2) is 36.5 Å². The number of benzene rings is 1. The highest BCUT2D eigenvalue weighted by atomic mass is 16.6. The number of anilines is 2. The predicted octanol–water partition coefficient (Wildman–Crippen LogP) is 2.74. The monoisotopic (exact) mass is 273 g/mol. The van der Waals surface area contributed by atoms with E-state index in [2.05, 4.69) is 10.3 Å². The first-order valence-electron chi connectivity index (χ1n) is 5.69. The van der Waals surface area contributed by atoms with Crippen LogP contribution in [0, 0.1) is 17.0 Å². The van der Waals surface area contributed by atoms with Gasteiger partial charge in [-0.3, -0.25) is 10.1 Å². The number of nitrogens with one attached hydrogen (secondary N) is 1. The molecule has 0 aliphatic heterocycles. The van der Waals surface area contributed by atoms with E-state index in [9.17, 15) is 14.9 Å². The van der Waals surface area contributed by atoms with Crippen molar-refractivity contribution in [2.24, 2.45) is 0 Å². The van der Waals surface area contributed by atoms with Crippen LogP contribution in [0.4, 0.5) is 17.2 Å². The Balaban J connectivity index is 2.40. The second-order valence-corrected chi connectivity index (χ2v) is 4.09. The van der Waals surface area contributed by atoms with E-state index >= 15 is 0 Å². The summed E-state index contributed by atoms with van der Waals surface area (Å²) in [4.78, 5) is 25.3. The molecule has 7 heteroatoms. The molecular formula is C13H11N3O4. The molecule has 0 fully saturated rings. The molecule has 0 bridgehead atoms. The summed E-state index contributed by atoms with van der Waals surface area (Å²) in [5.74, 6) is -0.988. The van der Waals surface area contributed by atoms with Gasteiger partial charge in [-0.2, -0.15) is 0 Å². The number of pyridine rings is 1. The lowest BCUT2D eigenvalue weighted by Gasteiger charge is -2.08. The van der Waals surface area contributed by atoms with Crippen LogP contribution in [-0.4, -0.2) is 21.0 Å². The molecule has 1 heterocycles. The van der Waals surface area contributed by atoms with E-state index < -0.39 is 10.9 Å². The molecule has 7 nitrogen and oxygen atoms in total. The van der Waals surface area contributed by atoms with Gasteiger partial charge in [0.25, 0.3) is 0 Å². The fourth-order valence-corrected chi connectivity index (χ4v) is 1.74. The van der Waals surface area contributed by atoms with Gasteiger partial charge in [0.1, 0.15) is 0 Å². The van der Waals surface area contributed by atoms with Crippen LogP contribution >= 0.6 is 0 Å². The summed E-state index contributed by atoms with van der Waals surface area (Å²) in [6, 6.07) is 7.52. The van der Waals surface area contributed by atoms with Gasteiger partial charge >= 0.3 is 11.7 Å². The number of aromatic carboxylic acids is 1. The lowest BCUT2D eigenvalue weighted by molar-refractivity contribution is -0.384. The van der Waals surface area contributed by atoms with Crippen molar-refractivity contribution < 1.29 is 14.8 Å². The molecule has 0 radical (unpaired) electrons. The van der Waals surface area contributed by atoms with Crippen LogP contribution in [0.25, 0.3) is 0 Å². The summed E-state index contributed by atoms with van der Waals surface area (Å²) in [5, 5.41) is 22.7. The van der Waals surface area contributed by atoms with Crippen LogP contribution in [0.3, 0.4) is 0 Å². The number of carboxylic acid groups (broad SMARTS) is 1. The number of nitrogens with zero attached hydrogens (tertiary/aromatic N) is 2. The molecule has 0 atom stereocenters. The Hall–Kier alpha value is -2.96. The highest BCUT2D eigenvalue weighted by molar-refractivity contribution is 5.89. The van der Waals surface area contributed by atoms with Gasteiger partial charge < -0.3 is 10.4 Å². The first-order valence-corrected chi connectivity index (χ1v) is 5.69. The molecule has 0 aliphatic rings. The second kappa shape index (κ2) is 5.35. The average molecular weight is 273 g/mol. The number of aromatic nitrogens is 1. The van der Waals surface area contributed by atoms with Crippen molar-refractivity contribution in [2.45, 2.75) is 6.92 Å². The van der Waals surface area contributed by atoms with E-state index in [1.54, 1.807) is 19.1 Å². The molecule has 20 heavy (non-hydrogen) atoms. The molecule has 1 aromatic heterocycles. The van der Waals surface area contributed by atoms with Crippen molar-refractivity contribution in [3.8, 4) is 0 Å². The molecule has 0 unspecified atom stereocenters. The van der Waals surface area contributed by atoms with E-state index in [0.717, 1.165) is 0 Å². The first kappa shape index (κ1) is 13.5. The third kappa shape index (κ3) is 2.72. The Morgan fingerprint density at radius 3 is 2.80 bits per heavy atom. The fourth-order valence-electron chi connectivity index (χ4n) is 1.74. The predicted molar refractivity (Wildman–Crippen MR) is 72.3 cm³/mol. The Morgan fingerprint density at radius 2 is 2.15 bits per heavy atom. The van der Waals surface area contributed by atoms with Gasteiger partial charge in [0.05, 0.1) is 10.5 Å². The quantitative estimate of drug-likeness (QED) is 0.655. The van der Waals surface area contributed by atoms with Crippen molar-refractivity contribution in [2.75, 3.05) is 5.32 Å². The van der Waals surface area contributed by atoms with E-state index in [1.807, 2.05) is 0 Å². The first-order chi connectivity index (χ1) is 9.49. The molecule has 0 saturated carbocycles. The van der Waals surface area contributed by atoms with Gasteiger partial charge in [-0.25, -0.2) is 9.78 Å². The van der Waals surface area contributed by atoms with Crippen molar-refractivity contribution in [3.63, 3.8) is 0 Å². The average Bonchev–Trinajstić information content (AvgIpc) is 2.38. The van der Waals surface area contributed by atoms with Gasteiger partial charge in [0, 0.05) is 17.4 Å². The zero-order valence-electron chi connectivity index (χ0n) is 10.5. The summed E-state index contributed by atoms with van der Waals surface area (Å²) in [5.41, 5.74) is 0.853. The molecule has 0 spiro atoms. The van der Waals surface area contributed by atoms with Crippen LogP contribution < -0.4 is 5.32 Å². The number of aryl methyl sites for hydroxylation is 1. The van der Waals surface area contributed by atoms with Crippen molar-refractivity contribution in [3.05, 3.63) is 57.8 Å². The maximum absolute atomic E-state index is 11.0. The van der Waals surface area contributed by atoms with E-state index in [1.165, 1.54) is 24.4 Å². The molecule has 0 amide bonds. The number of carbonyl (C=O) groups is 1. The maximum Gasteiger partial charge on any atom is 0.335 e. The van der Waals surface area contributed by atoms with Crippen molar-refractivity contribution in [1.29, 1.82) is 0 Å². The zero-order chi connectivity index (χ0) is 14.7. The number of hydrogen-bond acceptors (Lipinski definition) is 5. The maximum atomic E-state index is 11.0. The van der Waals surface area contributed by atoms with E-state index in [-0.39, 0.29) is 17.1 Å². The largest absolute Gasteiger partial charge is 0.478 e. The number of carboxylic acids is 1. The van der Waals surface area contributed by atoms with E-state index in [4.69, 9.17) is 5.11 Å². The Kier molecular flexibility index (Phi) is 3.60. The Morgan fingerprint density at radius 1 is 1.40 bits per heavy atom. The van der Waals surface area contributed by atoms with Gasteiger partial charge in [-0.05, 0) is 31.2 Å². The van der Waals surface area contributed by atoms with Crippen LogP contribution in [0.2, 0.25) is 0 Å². The molecule has 102 valence electrons.